The summed E-state index contributed by atoms with van der Waals surface area (Å²) in [7, 11) is -3.79. The molecule has 0 spiro atoms. The first kappa shape index (κ1) is 19.1. The molecule has 0 saturated carbocycles. The van der Waals surface area contributed by atoms with Crippen LogP contribution in [0.4, 0.5) is 11.4 Å². The number of nitrogens with zero attached hydrogens (tertiary/aromatic N) is 2. The Morgan fingerprint density at radius 3 is 2.11 bits per heavy atom. The Kier molecular flexibility index (Phi) is 5.14. The van der Waals surface area contributed by atoms with Gasteiger partial charge in [0.1, 0.15) is 5.69 Å². The van der Waals surface area contributed by atoms with E-state index in [0.717, 1.165) is 0 Å². The van der Waals surface area contributed by atoms with Crippen LogP contribution in [0.2, 0.25) is 0 Å². The number of hydrogen-bond acceptors (Lipinski definition) is 5. The highest BCUT2D eigenvalue weighted by atomic mass is 32.2. The Balaban J connectivity index is 1.75. The van der Waals surface area contributed by atoms with Gasteiger partial charge in [-0.2, -0.15) is 5.10 Å². The molecule has 0 saturated heterocycles. The molecule has 4 N–H and O–H groups in total. The lowest BCUT2D eigenvalue weighted by atomic mass is 10.3. The SMILES string of the molecule is CC(=O)Nc1ccc(S(=O)(=O)Nc2ccc(-n3ccc(C(N)=O)n3)cc2)cc1. The third kappa shape index (κ3) is 4.35. The molecule has 0 bridgehead atoms. The van der Waals surface area contributed by atoms with E-state index in [1.54, 1.807) is 30.5 Å². The number of primary amides is 1. The molecule has 28 heavy (non-hydrogen) atoms. The second kappa shape index (κ2) is 7.53. The van der Waals surface area contributed by atoms with Crippen LogP contribution in [-0.2, 0) is 14.8 Å². The quantitative estimate of drug-likeness (QED) is 0.580. The maximum atomic E-state index is 12.5. The molecule has 0 unspecified atom stereocenters. The van der Waals surface area contributed by atoms with Crippen molar-refractivity contribution in [1.29, 1.82) is 0 Å². The Hall–Kier alpha value is -3.66. The van der Waals surface area contributed by atoms with E-state index in [2.05, 4.69) is 15.1 Å². The molecule has 0 radical (unpaired) electrons. The van der Waals surface area contributed by atoms with Gasteiger partial charge in [-0.05, 0) is 54.6 Å². The summed E-state index contributed by atoms with van der Waals surface area (Å²) in [6.07, 6.45) is 1.58. The van der Waals surface area contributed by atoms with E-state index in [9.17, 15) is 18.0 Å². The summed E-state index contributed by atoms with van der Waals surface area (Å²) in [5, 5.41) is 6.61. The Labute approximate surface area is 161 Å². The Morgan fingerprint density at radius 1 is 0.964 bits per heavy atom. The van der Waals surface area contributed by atoms with Gasteiger partial charge < -0.3 is 11.1 Å². The van der Waals surface area contributed by atoms with Crippen LogP contribution in [0.25, 0.3) is 5.69 Å². The van der Waals surface area contributed by atoms with Gasteiger partial charge in [-0.25, -0.2) is 13.1 Å². The van der Waals surface area contributed by atoms with Crippen LogP contribution in [0.15, 0.2) is 65.7 Å². The fourth-order valence-corrected chi connectivity index (χ4v) is 3.47. The standard InChI is InChI=1S/C18H17N5O4S/c1-12(24)20-13-4-8-16(9-5-13)28(26,27)22-14-2-6-15(7-3-14)23-11-10-17(21-23)18(19)25/h2-11,22H,1H3,(H2,19,25)(H,20,24). The molecule has 0 aliphatic rings. The Morgan fingerprint density at radius 2 is 1.57 bits per heavy atom. The summed E-state index contributed by atoms with van der Waals surface area (Å²) in [6.45, 7) is 1.37. The average molecular weight is 399 g/mol. The first-order valence-electron chi connectivity index (χ1n) is 8.11. The number of nitrogens with one attached hydrogen (secondary N) is 2. The smallest absolute Gasteiger partial charge is 0.269 e. The average Bonchev–Trinajstić information content (AvgIpc) is 3.12. The van der Waals surface area contributed by atoms with E-state index in [1.807, 2.05) is 0 Å². The van der Waals surface area contributed by atoms with E-state index < -0.39 is 15.9 Å². The first-order valence-corrected chi connectivity index (χ1v) is 9.59. The number of aromatic nitrogens is 2. The molecule has 1 heterocycles. The number of sulfonamides is 1. The van der Waals surface area contributed by atoms with Gasteiger partial charge in [0.05, 0.1) is 10.6 Å². The summed E-state index contributed by atoms with van der Waals surface area (Å²) in [5.41, 5.74) is 6.80. The van der Waals surface area contributed by atoms with E-state index in [4.69, 9.17) is 5.73 Å². The number of benzene rings is 2. The molecular formula is C18H17N5O4S. The van der Waals surface area contributed by atoms with Crippen LogP contribution in [0, 0.1) is 0 Å². The van der Waals surface area contributed by atoms with Crippen LogP contribution in [-0.4, -0.2) is 30.0 Å². The number of amides is 2. The van der Waals surface area contributed by atoms with Gasteiger partial charge in [-0.15, -0.1) is 0 Å². The fourth-order valence-electron chi connectivity index (χ4n) is 2.42. The lowest BCUT2D eigenvalue weighted by Gasteiger charge is -2.10. The van der Waals surface area contributed by atoms with Crippen molar-refractivity contribution in [3.8, 4) is 5.69 Å². The van der Waals surface area contributed by atoms with Crippen molar-refractivity contribution in [3.05, 3.63) is 66.5 Å². The van der Waals surface area contributed by atoms with Gasteiger partial charge in [0.25, 0.3) is 15.9 Å². The Bertz CT molecular complexity index is 1120. The zero-order chi connectivity index (χ0) is 20.3. The topological polar surface area (TPSA) is 136 Å². The van der Waals surface area contributed by atoms with E-state index in [0.29, 0.717) is 17.1 Å². The summed E-state index contributed by atoms with van der Waals surface area (Å²) >= 11 is 0. The molecule has 0 atom stereocenters. The van der Waals surface area contributed by atoms with Crippen molar-refractivity contribution < 1.29 is 18.0 Å². The van der Waals surface area contributed by atoms with Crippen molar-refractivity contribution in [2.45, 2.75) is 11.8 Å². The molecule has 3 rings (SSSR count). The van der Waals surface area contributed by atoms with Crippen molar-refractivity contribution >= 4 is 33.2 Å². The molecule has 0 aliphatic heterocycles. The predicted molar refractivity (Wildman–Crippen MR) is 104 cm³/mol. The number of anilines is 2. The van der Waals surface area contributed by atoms with Crippen molar-refractivity contribution in [2.24, 2.45) is 5.73 Å². The third-order valence-electron chi connectivity index (χ3n) is 3.71. The second-order valence-corrected chi connectivity index (χ2v) is 7.55. The number of hydrogen-bond donors (Lipinski definition) is 3. The molecule has 0 aliphatic carbocycles. The van der Waals surface area contributed by atoms with Crippen molar-refractivity contribution in [3.63, 3.8) is 0 Å². The molecule has 2 aromatic carbocycles. The van der Waals surface area contributed by atoms with Crippen molar-refractivity contribution in [1.82, 2.24) is 9.78 Å². The molecule has 10 heteroatoms. The minimum absolute atomic E-state index is 0.0591. The number of carbonyl (C=O) groups excluding carboxylic acids is 2. The monoisotopic (exact) mass is 399 g/mol. The highest BCUT2D eigenvalue weighted by Gasteiger charge is 2.14. The van der Waals surface area contributed by atoms with Crippen LogP contribution in [0.1, 0.15) is 17.4 Å². The van der Waals surface area contributed by atoms with E-state index in [1.165, 1.54) is 41.9 Å². The molecule has 0 fully saturated rings. The highest BCUT2D eigenvalue weighted by Crippen LogP contribution is 2.19. The summed E-state index contributed by atoms with van der Waals surface area (Å²) in [5.74, 6) is -0.874. The van der Waals surface area contributed by atoms with E-state index in [-0.39, 0.29) is 16.5 Å². The molecule has 2 amide bonds. The summed E-state index contributed by atoms with van der Waals surface area (Å²) in [4.78, 5) is 22.2. The summed E-state index contributed by atoms with van der Waals surface area (Å²) < 4.78 is 28.9. The predicted octanol–water partition coefficient (Wildman–Crippen LogP) is 1.73. The lowest BCUT2D eigenvalue weighted by molar-refractivity contribution is -0.114. The number of carbonyl (C=O) groups is 2. The lowest BCUT2D eigenvalue weighted by Crippen LogP contribution is -2.13. The van der Waals surface area contributed by atoms with Gasteiger partial charge in [0, 0.05) is 24.5 Å². The van der Waals surface area contributed by atoms with Crippen LogP contribution >= 0.6 is 0 Å². The van der Waals surface area contributed by atoms with Gasteiger partial charge >= 0.3 is 0 Å². The number of nitrogens with two attached hydrogens (primary N) is 1. The number of rotatable bonds is 6. The third-order valence-corrected chi connectivity index (χ3v) is 5.11. The maximum absolute atomic E-state index is 12.5. The molecule has 144 valence electrons. The minimum atomic E-state index is -3.79. The molecule has 9 nitrogen and oxygen atoms in total. The fraction of sp³-hybridized carbons (Fsp3) is 0.0556. The van der Waals surface area contributed by atoms with E-state index >= 15 is 0 Å². The highest BCUT2D eigenvalue weighted by molar-refractivity contribution is 7.92. The van der Waals surface area contributed by atoms with Crippen LogP contribution in [0.3, 0.4) is 0 Å². The molecule has 3 aromatic rings. The van der Waals surface area contributed by atoms with Crippen LogP contribution < -0.4 is 15.8 Å². The zero-order valence-corrected chi connectivity index (χ0v) is 15.6. The van der Waals surface area contributed by atoms with Crippen LogP contribution in [0.5, 0.6) is 0 Å². The van der Waals surface area contributed by atoms with Gasteiger partial charge in [0.2, 0.25) is 5.91 Å². The van der Waals surface area contributed by atoms with Gasteiger partial charge in [0.15, 0.2) is 0 Å². The minimum Gasteiger partial charge on any atom is -0.364 e. The normalized spacial score (nSPS) is 11.0. The van der Waals surface area contributed by atoms with Gasteiger partial charge in [-0.3, -0.25) is 14.3 Å². The first-order chi connectivity index (χ1) is 13.2. The second-order valence-electron chi connectivity index (χ2n) is 5.87. The van der Waals surface area contributed by atoms with Gasteiger partial charge in [-0.1, -0.05) is 0 Å². The summed E-state index contributed by atoms with van der Waals surface area (Å²) in [6, 6.07) is 13.7. The molecular weight excluding hydrogens is 382 g/mol. The maximum Gasteiger partial charge on any atom is 0.269 e. The van der Waals surface area contributed by atoms with Crippen molar-refractivity contribution in [2.75, 3.05) is 10.0 Å². The zero-order valence-electron chi connectivity index (χ0n) is 14.8. The largest absolute Gasteiger partial charge is 0.364 e. The molecule has 1 aromatic heterocycles.